The largest absolute Gasteiger partial charge is 0.511 e. The molecule has 0 unspecified atom stereocenters. The molecule has 0 spiro atoms. The Hall–Kier alpha value is -4.37. The predicted octanol–water partition coefficient (Wildman–Crippen LogP) is 6.44. The number of urea groups is 1. The molecule has 4 rings (SSSR count). The minimum atomic E-state index is -1.35. The fraction of sp³-hybridized carbons (Fsp3) is 0.323. The maximum absolute atomic E-state index is 12.4. The van der Waals surface area contributed by atoms with Crippen LogP contribution in [0.2, 0.25) is 0 Å². The number of carboxylic acid groups (broad SMARTS) is 1. The third kappa shape index (κ3) is 7.60. The number of aryl methyl sites for hydroxylation is 1. The van der Waals surface area contributed by atoms with E-state index in [4.69, 9.17) is 19.9 Å². The number of carbonyl (C=O) groups is 2. The zero-order valence-electron chi connectivity index (χ0n) is 22.7. The van der Waals surface area contributed by atoms with Crippen molar-refractivity contribution in [3.05, 3.63) is 78.1 Å². The molecule has 210 valence electrons. The van der Waals surface area contributed by atoms with Gasteiger partial charge < -0.3 is 30.2 Å². The summed E-state index contributed by atoms with van der Waals surface area (Å²) in [6.45, 7) is 3.47. The van der Waals surface area contributed by atoms with Gasteiger partial charge in [0.25, 0.3) is 0 Å². The van der Waals surface area contributed by atoms with Crippen LogP contribution in [0.25, 0.3) is 22.2 Å². The molecule has 0 saturated carbocycles. The number of aromatic nitrogens is 2. The summed E-state index contributed by atoms with van der Waals surface area (Å²) in [5.74, 6) is 1.28. The number of aliphatic hydroxyl groups is 1. The Bertz CT molecular complexity index is 1430. The first-order valence-corrected chi connectivity index (χ1v) is 13.7. The summed E-state index contributed by atoms with van der Waals surface area (Å²) in [6.07, 6.45) is 4.00. The maximum atomic E-state index is 12.4. The van der Waals surface area contributed by atoms with Crippen molar-refractivity contribution >= 4 is 28.9 Å². The number of anilines is 1. The second kappa shape index (κ2) is 14.1. The van der Waals surface area contributed by atoms with E-state index < -0.39 is 6.16 Å². The molecule has 0 saturated heterocycles. The Morgan fingerprint density at radius 2 is 1.77 bits per heavy atom. The van der Waals surface area contributed by atoms with Crippen LogP contribution in [0.4, 0.5) is 15.3 Å². The van der Waals surface area contributed by atoms with Gasteiger partial charge in [-0.15, -0.1) is 0 Å². The molecule has 2 amide bonds. The Balaban J connectivity index is 1.54. The summed E-state index contributed by atoms with van der Waals surface area (Å²) in [4.78, 5) is 28.4. The summed E-state index contributed by atoms with van der Waals surface area (Å²) in [5, 5.41) is 23.7. The molecule has 9 nitrogen and oxygen atoms in total. The zero-order chi connectivity index (χ0) is 28.3. The van der Waals surface area contributed by atoms with Gasteiger partial charge in [-0.25, -0.2) is 14.6 Å². The molecule has 3 aromatic carbocycles. The molecule has 4 N–H and O–H groups in total. The lowest BCUT2D eigenvalue weighted by atomic mass is 10.0. The number of amides is 2. The number of hydrogen-bond donors (Lipinski definition) is 4. The highest BCUT2D eigenvalue weighted by Gasteiger charge is 2.14. The van der Waals surface area contributed by atoms with E-state index in [1.807, 2.05) is 54.6 Å². The van der Waals surface area contributed by atoms with Gasteiger partial charge in [0.05, 0.1) is 11.0 Å². The summed E-state index contributed by atoms with van der Waals surface area (Å²) in [6, 6.07) is 20.5. The molecule has 0 fully saturated rings. The average Bonchev–Trinajstić information content (AvgIpc) is 3.28. The van der Waals surface area contributed by atoms with Crippen molar-refractivity contribution in [2.24, 2.45) is 0 Å². The summed E-state index contributed by atoms with van der Waals surface area (Å²) >= 11 is 0. The van der Waals surface area contributed by atoms with Crippen molar-refractivity contribution in [2.45, 2.75) is 52.0 Å². The summed E-state index contributed by atoms with van der Waals surface area (Å²) in [7, 11) is 0. The highest BCUT2D eigenvalue weighted by Crippen LogP contribution is 2.30. The van der Waals surface area contributed by atoms with Gasteiger partial charge in [0.1, 0.15) is 11.6 Å². The van der Waals surface area contributed by atoms with Gasteiger partial charge in [-0.3, -0.25) is 0 Å². The van der Waals surface area contributed by atoms with Gasteiger partial charge in [0.2, 0.25) is 0 Å². The van der Waals surface area contributed by atoms with Crippen molar-refractivity contribution in [3.8, 4) is 16.9 Å². The lowest BCUT2D eigenvalue weighted by molar-refractivity contribution is 0.144. The molecular formula is C31H36N4O5. The number of rotatable bonds is 13. The number of ether oxygens (including phenoxy) is 1. The molecular weight excluding hydrogens is 508 g/mol. The molecule has 0 atom stereocenters. The molecule has 0 aliphatic heterocycles. The van der Waals surface area contributed by atoms with Crippen molar-refractivity contribution in [2.75, 3.05) is 18.5 Å². The maximum Gasteiger partial charge on any atom is 0.511 e. The van der Waals surface area contributed by atoms with Gasteiger partial charge in [0, 0.05) is 37.4 Å². The number of nitrogens with zero attached hydrogens (tertiary/aromatic N) is 2. The molecule has 1 aromatic heterocycles. The number of para-hydroxylation sites is 1. The number of imidazole rings is 1. The predicted molar refractivity (Wildman–Crippen MR) is 156 cm³/mol. The number of fused-ring (bicyclic) bond motifs is 1. The fourth-order valence-electron chi connectivity index (χ4n) is 4.60. The van der Waals surface area contributed by atoms with E-state index >= 15 is 0 Å². The third-order valence-electron chi connectivity index (χ3n) is 6.65. The van der Waals surface area contributed by atoms with E-state index in [0.717, 1.165) is 66.5 Å². The Kier molecular flexibility index (Phi) is 10.1. The fourth-order valence-corrected chi connectivity index (χ4v) is 4.60. The molecule has 40 heavy (non-hydrogen) atoms. The topological polar surface area (TPSA) is 126 Å². The second-order valence-electron chi connectivity index (χ2n) is 9.65. The number of hydrogen-bond acceptors (Lipinski definition) is 5. The number of unbranched alkanes of at least 4 members (excludes halogenated alkanes) is 3. The van der Waals surface area contributed by atoms with Crippen LogP contribution in [0, 0.1) is 0 Å². The number of aliphatic hydroxyl groups excluding tert-OH is 1. The minimum absolute atomic E-state index is 0.167. The SMILES string of the molecule is CCCCc1nc2ccc(NC(=O)NCCCCCO)cc2n1Cc1ccc(-c2ccccc2OC(=O)O)cc1. The second-order valence-corrected chi connectivity index (χ2v) is 9.65. The van der Waals surface area contributed by atoms with Crippen molar-refractivity contribution in [1.82, 2.24) is 14.9 Å². The minimum Gasteiger partial charge on any atom is -0.449 e. The third-order valence-corrected chi connectivity index (χ3v) is 6.65. The zero-order valence-corrected chi connectivity index (χ0v) is 22.7. The van der Waals surface area contributed by atoms with E-state index in [2.05, 4.69) is 22.1 Å². The molecule has 4 aromatic rings. The standard InChI is InChI=1S/C31H36N4O5/c1-2-3-11-29-34-26-17-16-24(33-30(37)32-18-7-4-8-19-36)20-27(26)35(29)21-22-12-14-23(15-13-22)25-9-5-6-10-28(25)40-31(38)39/h5-6,9-10,12-17,20,36H,2-4,7-8,11,18-19,21H2,1H3,(H,38,39)(H2,32,33,37). The molecule has 9 heteroatoms. The van der Waals surface area contributed by atoms with Crippen LogP contribution in [0.5, 0.6) is 5.75 Å². The van der Waals surface area contributed by atoms with Crippen LogP contribution in [0.3, 0.4) is 0 Å². The molecule has 0 aliphatic rings. The first kappa shape index (κ1) is 28.6. The van der Waals surface area contributed by atoms with E-state index in [9.17, 15) is 9.59 Å². The first-order chi connectivity index (χ1) is 19.5. The quantitative estimate of drug-likeness (QED) is 0.0872. The van der Waals surface area contributed by atoms with Gasteiger partial charge in [-0.1, -0.05) is 55.8 Å². The van der Waals surface area contributed by atoms with Crippen LogP contribution >= 0.6 is 0 Å². The number of benzene rings is 3. The molecule has 0 bridgehead atoms. The van der Waals surface area contributed by atoms with Gasteiger partial charge in [0.15, 0.2) is 0 Å². The lowest BCUT2D eigenvalue weighted by Crippen LogP contribution is -2.29. The van der Waals surface area contributed by atoms with Crippen LogP contribution in [0.1, 0.15) is 50.4 Å². The van der Waals surface area contributed by atoms with Gasteiger partial charge in [-0.2, -0.15) is 0 Å². The first-order valence-electron chi connectivity index (χ1n) is 13.7. The van der Waals surface area contributed by atoms with E-state index in [1.54, 1.807) is 12.1 Å². The summed E-state index contributed by atoms with van der Waals surface area (Å²) in [5.41, 5.74) is 5.13. The van der Waals surface area contributed by atoms with Crippen molar-refractivity contribution in [3.63, 3.8) is 0 Å². The highest BCUT2D eigenvalue weighted by atomic mass is 16.7. The van der Waals surface area contributed by atoms with Crippen molar-refractivity contribution < 1.29 is 24.5 Å². The monoisotopic (exact) mass is 544 g/mol. The van der Waals surface area contributed by atoms with Crippen LogP contribution < -0.4 is 15.4 Å². The molecule has 0 radical (unpaired) electrons. The van der Waals surface area contributed by atoms with Crippen molar-refractivity contribution in [1.29, 1.82) is 0 Å². The van der Waals surface area contributed by atoms with Crippen LogP contribution in [-0.4, -0.2) is 45.1 Å². The smallest absolute Gasteiger partial charge is 0.449 e. The van der Waals surface area contributed by atoms with Gasteiger partial charge in [-0.05, 0) is 61.1 Å². The highest BCUT2D eigenvalue weighted by molar-refractivity contribution is 5.92. The molecule has 0 aliphatic carbocycles. The Morgan fingerprint density at radius 3 is 2.52 bits per heavy atom. The molecule has 1 heterocycles. The van der Waals surface area contributed by atoms with Crippen LogP contribution in [0.15, 0.2) is 66.7 Å². The number of nitrogens with one attached hydrogen (secondary N) is 2. The lowest BCUT2D eigenvalue weighted by Gasteiger charge is -2.12. The Labute approximate surface area is 233 Å². The van der Waals surface area contributed by atoms with E-state index in [0.29, 0.717) is 30.1 Å². The Morgan fingerprint density at radius 1 is 0.975 bits per heavy atom. The van der Waals surface area contributed by atoms with Crippen LogP contribution in [-0.2, 0) is 13.0 Å². The van der Waals surface area contributed by atoms with Gasteiger partial charge >= 0.3 is 12.2 Å². The van der Waals surface area contributed by atoms with E-state index in [1.165, 1.54) is 0 Å². The van der Waals surface area contributed by atoms with E-state index in [-0.39, 0.29) is 12.6 Å². The average molecular weight is 545 g/mol. The number of carbonyl (C=O) groups excluding carboxylic acids is 1. The summed E-state index contributed by atoms with van der Waals surface area (Å²) < 4.78 is 7.15. The normalized spacial score (nSPS) is 10.9.